The van der Waals surface area contributed by atoms with E-state index in [1.807, 2.05) is 14.0 Å². The molecule has 2 N–H and O–H groups in total. The van der Waals surface area contributed by atoms with Crippen molar-refractivity contribution in [1.29, 1.82) is 0 Å². The van der Waals surface area contributed by atoms with Crippen molar-refractivity contribution in [2.75, 3.05) is 33.2 Å². The molecule has 1 aliphatic heterocycles. The minimum absolute atomic E-state index is 0.337. The van der Waals surface area contributed by atoms with Crippen molar-refractivity contribution in [2.24, 2.45) is 5.41 Å². The number of rotatable bonds is 6. The Balaban J connectivity index is 2.49. The highest BCUT2D eigenvalue weighted by atomic mass is 16.3. The van der Waals surface area contributed by atoms with Crippen LogP contribution >= 0.6 is 0 Å². The lowest BCUT2D eigenvalue weighted by Gasteiger charge is -2.34. The van der Waals surface area contributed by atoms with Gasteiger partial charge in [0.15, 0.2) is 0 Å². The molecule has 16 heavy (non-hydrogen) atoms. The van der Waals surface area contributed by atoms with Crippen LogP contribution in [0.25, 0.3) is 0 Å². The predicted molar refractivity (Wildman–Crippen MR) is 68.6 cm³/mol. The molecule has 1 rings (SSSR count). The van der Waals surface area contributed by atoms with Gasteiger partial charge < -0.3 is 10.4 Å². The molecule has 0 aliphatic carbocycles. The molecule has 0 radical (unpaired) electrons. The van der Waals surface area contributed by atoms with Crippen LogP contribution in [0.3, 0.4) is 0 Å². The molecule has 0 saturated carbocycles. The first-order valence-corrected chi connectivity index (χ1v) is 6.50. The second-order valence-corrected chi connectivity index (χ2v) is 6.05. The normalized spacial score (nSPS) is 30.6. The maximum Gasteiger partial charge on any atom is 0.0758 e. The number of nitrogens with zero attached hydrogens (tertiary/aromatic N) is 1. The van der Waals surface area contributed by atoms with Gasteiger partial charge in [0.05, 0.1) is 5.60 Å². The van der Waals surface area contributed by atoms with Crippen LogP contribution in [-0.4, -0.2) is 48.8 Å². The van der Waals surface area contributed by atoms with Gasteiger partial charge in [-0.3, -0.25) is 4.90 Å². The number of hydrogen-bond acceptors (Lipinski definition) is 3. The Hall–Kier alpha value is -0.120. The summed E-state index contributed by atoms with van der Waals surface area (Å²) in [6.07, 6.45) is 3.38. The van der Waals surface area contributed by atoms with Crippen LogP contribution in [0, 0.1) is 5.41 Å². The van der Waals surface area contributed by atoms with E-state index in [0.717, 1.165) is 32.6 Å². The zero-order chi connectivity index (χ0) is 12.2. The Morgan fingerprint density at radius 1 is 1.50 bits per heavy atom. The summed E-state index contributed by atoms with van der Waals surface area (Å²) in [6, 6.07) is 0. The third-order valence-corrected chi connectivity index (χ3v) is 3.59. The van der Waals surface area contributed by atoms with Gasteiger partial charge in [-0.1, -0.05) is 20.3 Å². The molecule has 1 heterocycles. The van der Waals surface area contributed by atoms with Crippen LogP contribution in [0.4, 0.5) is 0 Å². The zero-order valence-electron chi connectivity index (χ0n) is 11.3. The third-order valence-electron chi connectivity index (χ3n) is 3.59. The minimum atomic E-state index is -0.466. The van der Waals surface area contributed by atoms with Gasteiger partial charge in [0.1, 0.15) is 0 Å². The minimum Gasteiger partial charge on any atom is -0.389 e. The number of likely N-dealkylation sites (tertiary alicyclic amines) is 1. The largest absolute Gasteiger partial charge is 0.389 e. The number of β-amino-alcohol motifs (C(OH)–C–C–N with tert-alkyl or cyclic N) is 1. The lowest BCUT2D eigenvalue weighted by Crippen LogP contribution is -2.42. The number of aliphatic hydroxyl groups is 1. The Labute approximate surface area is 100 Å². The molecule has 0 aromatic rings. The average molecular weight is 228 g/mol. The summed E-state index contributed by atoms with van der Waals surface area (Å²) in [6.45, 7) is 10.6. The molecule has 0 spiro atoms. The highest BCUT2D eigenvalue weighted by Crippen LogP contribution is 2.28. The van der Waals surface area contributed by atoms with Gasteiger partial charge in [-0.15, -0.1) is 0 Å². The summed E-state index contributed by atoms with van der Waals surface area (Å²) in [5.74, 6) is 0. The first kappa shape index (κ1) is 13.9. The molecule has 96 valence electrons. The van der Waals surface area contributed by atoms with Crippen molar-refractivity contribution in [3.8, 4) is 0 Å². The van der Waals surface area contributed by atoms with Crippen molar-refractivity contribution in [3.63, 3.8) is 0 Å². The van der Waals surface area contributed by atoms with Crippen molar-refractivity contribution in [1.82, 2.24) is 10.2 Å². The number of nitrogens with one attached hydrogen (secondary N) is 1. The van der Waals surface area contributed by atoms with Gasteiger partial charge >= 0.3 is 0 Å². The Kier molecular flexibility index (Phi) is 4.77. The predicted octanol–water partition coefficient (Wildman–Crippen LogP) is 1.47. The Morgan fingerprint density at radius 3 is 2.62 bits per heavy atom. The Bertz CT molecular complexity index is 210. The standard InChI is InChI=1S/C13H28N2O/c1-5-6-12(2,9-14-4)10-15-8-7-13(3,16)11-15/h14,16H,5-11H2,1-4H3. The molecule has 0 amide bonds. The molecule has 3 nitrogen and oxygen atoms in total. The summed E-state index contributed by atoms with van der Waals surface area (Å²) in [5, 5.41) is 13.3. The molecular weight excluding hydrogens is 200 g/mol. The highest BCUT2D eigenvalue weighted by molar-refractivity contribution is 4.89. The summed E-state index contributed by atoms with van der Waals surface area (Å²) in [5.41, 5.74) is -0.128. The van der Waals surface area contributed by atoms with Crippen molar-refractivity contribution in [2.45, 2.75) is 45.6 Å². The molecule has 3 heteroatoms. The van der Waals surface area contributed by atoms with Crippen LogP contribution in [0.1, 0.15) is 40.0 Å². The van der Waals surface area contributed by atoms with Crippen molar-refractivity contribution >= 4 is 0 Å². The van der Waals surface area contributed by atoms with E-state index in [1.54, 1.807) is 0 Å². The van der Waals surface area contributed by atoms with E-state index in [9.17, 15) is 5.11 Å². The second-order valence-electron chi connectivity index (χ2n) is 6.05. The van der Waals surface area contributed by atoms with E-state index >= 15 is 0 Å². The van der Waals surface area contributed by atoms with Gasteiger partial charge in [-0.25, -0.2) is 0 Å². The molecule has 0 bridgehead atoms. The Morgan fingerprint density at radius 2 is 2.19 bits per heavy atom. The van der Waals surface area contributed by atoms with Gasteiger partial charge in [-0.05, 0) is 32.2 Å². The SMILES string of the molecule is CCCC(C)(CNC)CN1CCC(C)(O)C1. The molecule has 1 fully saturated rings. The molecule has 0 aromatic carbocycles. The van der Waals surface area contributed by atoms with Crippen LogP contribution in [-0.2, 0) is 0 Å². The molecule has 0 aromatic heterocycles. The van der Waals surface area contributed by atoms with E-state index in [0.29, 0.717) is 5.41 Å². The zero-order valence-corrected chi connectivity index (χ0v) is 11.3. The van der Waals surface area contributed by atoms with Crippen LogP contribution < -0.4 is 5.32 Å². The molecule has 1 saturated heterocycles. The quantitative estimate of drug-likeness (QED) is 0.722. The average Bonchev–Trinajstić information content (AvgIpc) is 2.45. The fourth-order valence-electron chi connectivity index (χ4n) is 2.97. The fourth-order valence-corrected chi connectivity index (χ4v) is 2.97. The first-order chi connectivity index (χ1) is 7.41. The molecule has 2 unspecified atom stereocenters. The topological polar surface area (TPSA) is 35.5 Å². The maximum atomic E-state index is 9.96. The second kappa shape index (κ2) is 5.48. The molecule has 2 atom stereocenters. The highest BCUT2D eigenvalue weighted by Gasteiger charge is 2.35. The van der Waals surface area contributed by atoms with Crippen molar-refractivity contribution in [3.05, 3.63) is 0 Å². The number of hydrogen-bond donors (Lipinski definition) is 2. The monoisotopic (exact) mass is 228 g/mol. The van der Waals surface area contributed by atoms with Gasteiger partial charge in [0.25, 0.3) is 0 Å². The maximum absolute atomic E-state index is 9.96. The van der Waals surface area contributed by atoms with Crippen LogP contribution in [0.5, 0.6) is 0 Å². The summed E-state index contributed by atoms with van der Waals surface area (Å²) >= 11 is 0. The summed E-state index contributed by atoms with van der Waals surface area (Å²) < 4.78 is 0. The van der Waals surface area contributed by atoms with Gasteiger partial charge in [0, 0.05) is 26.2 Å². The summed E-state index contributed by atoms with van der Waals surface area (Å²) in [7, 11) is 2.02. The van der Waals surface area contributed by atoms with E-state index < -0.39 is 5.60 Å². The first-order valence-electron chi connectivity index (χ1n) is 6.50. The van der Waals surface area contributed by atoms with Gasteiger partial charge in [0.2, 0.25) is 0 Å². The van der Waals surface area contributed by atoms with E-state index in [4.69, 9.17) is 0 Å². The van der Waals surface area contributed by atoms with E-state index in [2.05, 4.69) is 24.1 Å². The third kappa shape index (κ3) is 4.04. The summed E-state index contributed by atoms with van der Waals surface area (Å²) in [4.78, 5) is 2.41. The smallest absolute Gasteiger partial charge is 0.0758 e. The van der Waals surface area contributed by atoms with Crippen molar-refractivity contribution < 1.29 is 5.11 Å². The molecule has 1 aliphatic rings. The molecular formula is C13H28N2O. The van der Waals surface area contributed by atoms with E-state index in [-0.39, 0.29) is 0 Å². The lowest BCUT2D eigenvalue weighted by atomic mass is 9.85. The fraction of sp³-hybridized carbons (Fsp3) is 1.00. The van der Waals surface area contributed by atoms with E-state index in [1.165, 1.54) is 12.8 Å². The van der Waals surface area contributed by atoms with Crippen LogP contribution in [0.2, 0.25) is 0 Å². The van der Waals surface area contributed by atoms with Crippen LogP contribution in [0.15, 0.2) is 0 Å². The lowest BCUT2D eigenvalue weighted by molar-refractivity contribution is 0.0611. The van der Waals surface area contributed by atoms with Gasteiger partial charge in [-0.2, -0.15) is 0 Å².